The third kappa shape index (κ3) is 2.94. The Balaban J connectivity index is 2.23. The van der Waals surface area contributed by atoms with Gasteiger partial charge in [-0.25, -0.2) is 4.98 Å². The summed E-state index contributed by atoms with van der Waals surface area (Å²) in [5.41, 5.74) is 0.967. The average molecular weight is 296 g/mol. The fraction of sp³-hybridized carbons (Fsp3) is 0.385. The number of benzene rings is 1. The minimum absolute atomic E-state index is 0.436. The van der Waals surface area contributed by atoms with E-state index in [-0.39, 0.29) is 0 Å². The number of imidazole rings is 1. The normalized spacial score (nSPS) is 17.4. The zero-order chi connectivity index (χ0) is 15.6. The summed E-state index contributed by atoms with van der Waals surface area (Å²) in [6.07, 6.45) is -6.25. The van der Waals surface area contributed by atoms with Crippen molar-refractivity contribution in [2.45, 2.75) is 24.4 Å². The van der Waals surface area contributed by atoms with Gasteiger partial charge in [-0.15, -0.1) is 0 Å². The van der Waals surface area contributed by atoms with Crippen molar-refractivity contribution in [3.05, 3.63) is 30.6 Å². The van der Waals surface area contributed by atoms with Crippen LogP contribution in [0.5, 0.6) is 0 Å². The van der Waals surface area contributed by atoms with Gasteiger partial charge >= 0.3 is 0 Å². The third-order valence-electron chi connectivity index (χ3n) is 3.20. The van der Waals surface area contributed by atoms with Crippen molar-refractivity contribution in [3.63, 3.8) is 0 Å². The van der Waals surface area contributed by atoms with Crippen molar-refractivity contribution in [3.8, 4) is 0 Å². The lowest BCUT2D eigenvalue weighted by Crippen LogP contribution is -2.49. The maximum Gasteiger partial charge on any atom is 0.263 e. The molecule has 4 atom stereocenters. The van der Waals surface area contributed by atoms with Gasteiger partial charge in [-0.1, -0.05) is 12.1 Å². The molecule has 0 aliphatic heterocycles. The predicted molar refractivity (Wildman–Crippen MR) is 71.5 cm³/mol. The summed E-state index contributed by atoms with van der Waals surface area (Å²) in [6, 6.07) is 6.70. The zero-order valence-corrected chi connectivity index (χ0v) is 10.9. The first kappa shape index (κ1) is 15.5. The molecule has 8 nitrogen and oxygen atoms in total. The number of carbonyl (C=O) groups excluding carboxylic acids is 1. The molecule has 1 aromatic carbocycles. The second-order valence-electron chi connectivity index (χ2n) is 4.62. The molecule has 0 spiro atoms. The Bertz CT molecular complexity index is 628. The Morgan fingerprint density at radius 3 is 2.48 bits per heavy atom. The molecule has 2 rings (SSSR count). The highest BCUT2D eigenvalue weighted by atomic mass is 16.4. The number of para-hydroxylation sites is 2. The standard InChI is InChI=1S/C13H16N2O6/c16-5-9(17)10(18)11(19)12(20)13(21)15-6-14-7-3-1-2-4-8(7)15/h1-4,6,9-12,16-20H,5H2/t9-,10-,11+,12-/m1/s1. The lowest BCUT2D eigenvalue weighted by molar-refractivity contribution is -0.107. The first-order valence-electron chi connectivity index (χ1n) is 6.26. The van der Waals surface area contributed by atoms with Crippen LogP contribution in [-0.2, 0) is 0 Å². The van der Waals surface area contributed by atoms with Crippen LogP contribution in [0.25, 0.3) is 11.0 Å². The van der Waals surface area contributed by atoms with Crippen LogP contribution in [0.2, 0.25) is 0 Å². The van der Waals surface area contributed by atoms with E-state index < -0.39 is 36.9 Å². The van der Waals surface area contributed by atoms with Crippen LogP contribution in [0.4, 0.5) is 0 Å². The van der Waals surface area contributed by atoms with Crippen LogP contribution < -0.4 is 0 Å². The molecule has 2 aromatic rings. The van der Waals surface area contributed by atoms with Crippen LogP contribution >= 0.6 is 0 Å². The molecule has 114 valence electrons. The SMILES string of the molecule is O=C([C@H](O)[C@@H](O)[C@H](O)[C@H](O)CO)n1cnc2ccccc21. The van der Waals surface area contributed by atoms with E-state index in [0.29, 0.717) is 11.0 Å². The van der Waals surface area contributed by atoms with E-state index in [2.05, 4.69) is 4.98 Å². The van der Waals surface area contributed by atoms with Gasteiger partial charge in [-0.05, 0) is 12.1 Å². The summed E-state index contributed by atoms with van der Waals surface area (Å²) in [6.45, 7) is -0.812. The van der Waals surface area contributed by atoms with Gasteiger partial charge < -0.3 is 25.5 Å². The summed E-state index contributed by atoms with van der Waals surface area (Å²) in [5.74, 6) is -0.902. The van der Waals surface area contributed by atoms with Crippen LogP contribution in [-0.4, -0.2) is 72.0 Å². The Morgan fingerprint density at radius 2 is 1.81 bits per heavy atom. The van der Waals surface area contributed by atoms with E-state index in [0.717, 1.165) is 4.57 Å². The molecule has 0 fully saturated rings. The quantitative estimate of drug-likeness (QED) is 0.435. The molecular formula is C13H16N2O6. The number of carbonyl (C=O) groups is 1. The monoisotopic (exact) mass is 296 g/mol. The minimum Gasteiger partial charge on any atom is -0.394 e. The zero-order valence-electron chi connectivity index (χ0n) is 10.9. The van der Waals surface area contributed by atoms with Crippen molar-refractivity contribution in [2.24, 2.45) is 0 Å². The molecule has 0 unspecified atom stereocenters. The molecular weight excluding hydrogens is 280 g/mol. The Kier molecular flexibility index (Phi) is 4.66. The summed E-state index contributed by atoms with van der Waals surface area (Å²) in [7, 11) is 0. The number of hydrogen-bond donors (Lipinski definition) is 5. The number of fused-ring (bicyclic) bond motifs is 1. The van der Waals surface area contributed by atoms with E-state index in [1.807, 2.05) is 0 Å². The number of aliphatic hydroxyl groups is 5. The number of rotatable bonds is 5. The van der Waals surface area contributed by atoms with Gasteiger partial charge in [0.05, 0.1) is 17.6 Å². The maximum absolute atomic E-state index is 12.1. The fourth-order valence-electron chi connectivity index (χ4n) is 1.95. The maximum atomic E-state index is 12.1. The average Bonchev–Trinajstić information content (AvgIpc) is 2.95. The number of aliphatic hydroxyl groups excluding tert-OH is 5. The first-order valence-corrected chi connectivity index (χ1v) is 6.26. The smallest absolute Gasteiger partial charge is 0.263 e. The summed E-state index contributed by atoms with van der Waals surface area (Å²) in [5, 5.41) is 47.0. The van der Waals surface area contributed by atoms with Gasteiger partial charge in [0.1, 0.15) is 24.6 Å². The lowest BCUT2D eigenvalue weighted by atomic mass is 10.0. The Hall–Kier alpha value is -1.84. The minimum atomic E-state index is -1.97. The highest BCUT2D eigenvalue weighted by molar-refractivity contribution is 5.92. The molecule has 21 heavy (non-hydrogen) atoms. The predicted octanol–water partition coefficient (Wildman–Crippen LogP) is -1.89. The molecule has 0 radical (unpaired) electrons. The van der Waals surface area contributed by atoms with Crippen molar-refractivity contribution in [1.82, 2.24) is 9.55 Å². The van der Waals surface area contributed by atoms with Crippen molar-refractivity contribution >= 4 is 16.9 Å². The highest BCUT2D eigenvalue weighted by Crippen LogP contribution is 2.14. The van der Waals surface area contributed by atoms with Crippen LogP contribution in [0.15, 0.2) is 30.6 Å². The van der Waals surface area contributed by atoms with Crippen LogP contribution in [0.1, 0.15) is 4.79 Å². The van der Waals surface area contributed by atoms with Gasteiger partial charge in [0.2, 0.25) is 0 Å². The van der Waals surface area contributed by atoms with Crippen LogP contribution in [0, 0.1) is 0 Å². The second-order valence-corrected chi connectivity index (χ2v) is 4.62. The molecule has 0 bridgehead atoms. The molecule has 0 saturated heterocycles. The van der Waals surface area contributed by atoms with Crippen LogP contribution in [0.3, 0.4) is 0 Å². The van der Waals surface area contributed by atoms with Gasteiger partial charge in [0.25, 0.3) is 5.91 Å². The van der Waals surface area contributed by atoms with Gasteiger partial charge in [0.15, 0.2) is 6.10 Å². The van der Waals surface area contributed by atoms with Crippen molar-refractivity contribution in [1.29, 1.82) is 0 Å². The van der Waals surface area contributed by atoms with E-state index in [4.69, 9.17) is 5.11 Å². The Morgan fingerprint density at radius 1 is 1.14 bits per heavy atom. The summed E-state index contributed by atoms with van der Waals surface area (Å²) >= 11 is 0. The number of aromatic nitrogens is 2. The molecule has 5 N–H and O–H groups in total. The second kappa shape index (κ2) is 6.29. The Labute approximate surface area is 119 Å². The highest BCUT2D eigenvalue weighted by Gasteiger charge is 2.35. The number of hydrogen-bond acceptors (Lipinski definition) is 7. The van der Waals surface area contributed by atoms with Crippen molar-refractivity contribution < 1.29 is 30.3 Å². The van der Waals surface area contributed by atoms with Gasteiger partial charge in [-0.2, -0.15) is 0 Å². The topological polar surface area (TPSA) is 136 Å². The molecule has 8 heteroatoms. The largest absolute Gasteiger partial charge is 0.394 e. The molecule has 0 amide bonds. The van der Waals surface area contributed by atoms with Gasteiger partial charge in [-0.3, -0.25) is 9.36 Å². The molecule has 1 heterocycles. The lowest BCUT2D eigenvalue weighted by Gasteiger charge is -2.24. The molecule has 0 aliphatic rings. The van der Waals surface area contributed by atoms with E-state index in [9.17, 15) is 25.2 Å². The fourth-order valence-corrected chi connectivity index (χ4v) is 1.95. The summed E-state index contributed by atoms with van der Waals surface area (Å²) < 4.78 is 1.04. The summed E-state index contributed by atoms with van der Waals surface area (Å²) in [4.78, 5) is 16.1. The first-order chi connectivity index (χ1) is 9.97. The van der Waals surface area contributed by atoms with Gasteiger partial charge in [0, 0.05) is 0 Å². The molecule has 0 saturated carbocycles. The number of nitrogens with zero attached hydrogens (tertiary/aromatic N) is 2. The third-order valence-corrected chi connectivity index (χ3v) is 3.20. The van der Waals surface area contributed by atoms with E-state index >= 15 is 0 Å². The molecule has 0 aliphatic carbocycles. The van der Waals surface area contributed by atoms with Crippen molar-refractivity contribution in [2.75, 3.05) is 6.61 Å². The van der Waals surface area contributed by atoms with E-state index in [1.54, 1.807) is 24.3 Å². The van der Waals surface area contributed by atoms with E-state index in [1.165, 1.54) is 6.33 Å². The molecule has 1 aromatic heterocycles.